The predicted octanol–water partition coefficient (Wildman–Crippen LogP) is 3.99. The maximum Gasteiger partial charge on any atom is 0.0662 e. The lowest BCUT2D eigenvalue weighted by atomic mass is 9.81. The van der Waals surface area contributed by atoms with Crippen LogP contribution >= 0.6 is 0 Å². The van der Waals surface area contributed by atoms with Gasteiger partial charge in [0, 0.05) is 5.54 Å². The predicted molar refractivity (Wildman–Crippen MR) is 78.9 cm³/mol. The van der Waals surface area contributed by atoms with Gasteiger partial charge in [0.1, 0.15) is 0 Å². The molecule has 2 heteroatoms. The molecule has 0 radical (unpaired) electrons. The lowest BCUT2D eigenvalue weighted by Gasteiger charge is -2.30. The van der Waals surface area contributed by atoms with Gasteiger partial charge >= 0.3 is 0 Å². The van der Waals surface area contributed by atoms with E-state index in [1.165, 1.54) is 12.8 Å². The van der Waals surface area contributed by atoms with E-state index >= 15 is 0 Å². The molecule has 2 unspecified atom stereocenters. The Balaban J connectivity index is 2.47. The first-order valence-electron chi connectivity index (χ1n) is 7.36. The Bertz CT molecular complexity index is 275. The van der Waals surface area contributed by atoms with E-state index in [-0.39, 0.29) is 16.7 Å². The fourth-order valence-electron chi connectivity index (χ4n) is 3.09. The molecule has 18 heavy (non-hydrogen) atoms. The van der Waals surface area contributed by atoms with Crippen molar-refractivity contribution in [2.24, 2.45) is 11.8 Å². The highest BCUT2D eigenvalue weighted by Crippen LogP contribution is 2.44. The average Bonchev–Trinajstić information content (AvgIpc) is 2.30. The maximum atomic E-state index is 6.17. The van der Waals surface area contributed by atoms with Crippen LogP contribution in [0.3, 0.4) is 0 Å². The minimum atomic E-state index is 0.0273. The maximum absolute atomic E-state index is 6.17. The first-order valence-corrected chi connectivity index (χ1v) is 7.36. The van der Waals surface area contributed by atoms with Gasteiger partial charge in [-0.1, -0.05) is 6.92 Å². The molecule has 2 nitrogen and oxygen atoms in total. The van der Waals surface area contributed by atoms with Crippen molar-refractivity contribution in [3.05, 3.63) is 0 Å². The molecule has 0 aromatic carbocycles. The van der Waals surface area contributed by atoms with Gasteiger partial charge < -0.3 is 10.1 Å². The lowest BCUT2D eigenvalue weighted by molar-refractivity contribution is -0.0762. The minimum absolute atomic E-state index is 0.0273. The molecule has 1 rings (SSSR count). The Morgan fingerprint density at radius 3 is 2.17 bits per heavy atom. The van der Waals surface area contributed by atoms with Crippen LogP contribution in [0.2, 0.25) is 0 Å². The standard InChI is InChI=1S/C16H33NO/c1-12(11-17-14(2,3)4)9-13-10-15(5,6)18-16(13,7)8/h12-13,17H,9-11H2,1-8H3. The zero-order valence-corrected chi connectivity index (χ0v) is 13.7. The van der Waals surface area contributed by atoms with Gasteiger partial charge in [0.05, 0.1) is 11.2 Å². The molecule has 1 saturated heterocycles. The highest BCUT2D eigenvalue weighted by atomic mass is 16.5. The minimum Gasteiger partial charge on any atom is -0.369 e. The van der Waals surface area contributed by atoms with E-state index in [0.29, 0.717) is 11.8 Å². The monoisotopic (exact) mass is 255 g/mol. The summed E-state index contributed by atoms with van der Waals surface area (Å²) in [5, 5.41) is 3.60. The van der Waals surface area contributed by atoms with Crippen molar-refractivity contribution in [2.75, 3.05) is 6.54 Å². The molecule has 2 atom stereocenters. The molecule has 1 heterocycles. The molecular formula is C16H33NO. The van der Waals surface area contributed by atoms with Gasteiger partial charge in [0.25, 0.3) is 0 Å². The second-order valence-electron chi connectivity index (χ2n) is 8.34. The Morgan fingerprint density at radius 2 is 1.78 bits per heavy atom. The molecular weight excluding hydrogens is 222 g/mol. The highest BCUT2D eigenvalue weighted by Gasteiger charge is 2.45. The second kappa shape index (κ2) is 5.13. The van der Waals surface area contributed by atoms with Crippen molar-refractivity contribution in [1.29, 1.82) is 0 Å². The van der Waals surface area contributed by atoms with Crippen LogP contribution in [0.1, 0.15) is 68.2 Å². The summed E-state index contributed by atoms with van der Waals surface area (Å²) in [5.74, 6) is 1.37. The van der Waals surface area contributed by atoms with E-state index in [4.69, 9.17) is 4.74 Å². The largest absolute Gasteiger partial charge is 0.369 e. The van der Waals surface area contributed by atoms with Crippen molar-refractivity contribution in [1.82, 2.24) is 5.32 Å². The zero-order valence-electron chi connectivity index (χ0n) is 13.7. The first kappa shape index (κ1) is 16.0. The van der Waals surface area contributed by atoms with Crippen molar-refractivity contribution >= 4 is 0 Å². The Labute approximate surface area is 114 Å². The average molecular weight is 255 g/mol. The summed E-state index contributed by atoms with van der Waals surface area (Å²) in [6.45, 7) is 19.0. The first-order chi connectivity index (χ1) is 7.91. The Kier molecular flexibility index (Phi) is 4.55. The van der Waals surface area contributed by atoms with Gasteiger partial charge in [-0.05, 0) is 79.7 Å². The molecule has 0 aliphatic carbocycles. The highest BCUT2D eigenvalue weighted by molar-refractivity contribution is 4.94. The van der Waals surface area contributed by atoms with Crippen LogP contribution < -0.4 is 5.32 Å². The van der Waals surface area contributed by atoms with Crippen LogP contribution in [0, 0.1) is 11.8 Å². The lowest BCUT2D eigenvalue weighted by Crippen LogP contribution is -2.39. The van der Waals surface area contributed by atoms with Crippen molar-refractivity contribution < 1.29 is 4.74 Å². The van der Waals surface area contributed by atoms with Crippen LogP contribution in [0.25, 0.3) is 0 Å². The molecule has 1 fully saturated rings. The summed E-state index contributed by atoms with van der Waals surface area (Å²) in [5.41, 5.74) is 0.292. The normalized spacial score (nSPS) is 28.3. The van der Waals surface area contributed by atoms with E-state index in [1.54, 1.807) is 0 Å². The molecule has 0 saturated carbocycles. The van der Waals surface area contributed by atoms with Gasteiger partial charge in [-0.2, -0.15) is 0 Å². The second-order valence-corrected chi connectivity index (χ2v) is 8.34. The molecule has 0 aromatic heterocycles. The van der Waals surface area contributed by atoms with Gasteiger partial charge in [0.2, 0.25) is 0 Å². The molecule has 108 valence electrons. The summed E-state index contributed by atoms with van der Waals surface area (Å²) < 4.78 is 6.17. The third-order valence-electron chi connectivity index (χ3n) is 3.93. The summed E-state index contributed by atoms with van der Waals surface area (Å²) in [4.78, 5) is 0. The zero-order chi connectivity index (χ0) is 14.2. The van der Waals surface area contributed by atoms with Crippen molar-refractivity contribution in [2.45, 2.75) is 85.0 Å². The van der Waals surface area contributed by atoms with Crippen LogP contribution in [0.15, 0.2) is 0 Å². The van der Waals surface area contributed by atoms with E-state index in [1.807, 2.05) is 0 Å². The third kappa shape index (κ3) is 4.89. The van der Waals surface area contributed by atoms with Crippen LogP contribution in [0.5, 0.6) is 0 Å². The number of rotatable bonds is 4. The van der Waals surface area contributed by atoms with E-state index in [2.05, 4.69) is 60.7 Å². The summed E-state index contributed by atoms with van der Waals surface area (Å²) >= 11 is 0. The number of ether oxygens (including phenoxy) is 1. The Hall–Kier alpha value is -0.0800. The number of hydrogen-bond donors (Lipinski definition) is 1. The summed E-state index contributed by atoms with van der Waals surface area (Å²) in [6.07, 6.45) is 2.43. The smallest absolute Gasteiger partial charge is 0.0662 e. The van der Waals surface area contributed by atoms with E-state index < -0.39 is 0 Å². The van der Waals surface area contributed by atoms with Gasteiger partial charge in [-0.15, -0.1) is 0 Å². The van der Waals surface area contributed by atoms with Gasteiger partial charge in [0.15, 0.2) is 0 Å². The molecule has 0 spiro atoms. The van der Waals surface area contributed by atoms with Crippen LogP contribution in [0.4, 0.5) is 0 Å². The fourth-order valence-corrected chi connectivity index (χ4v) is 3.09. The number of hydrogen-bond acceptors (Lipinski definition) is 2. The molecule has 1 N–H and O–H groups in total. The quantitative estimate of drug-likeness (QED) is 0.820. The van der Waals surface area contributed by atoms with E-state index in [9.17, 15) is 0 Å². The SMILES string of the molecule is CC(CNC(C)(C)C)CC1CC(C)(C)OC1(C)C. The van der Waals surface area contributed by atoms with Gasteiger partial charge in [-0.3, -0.25) is 0 Å². The molecule has 0 bridgehead atoms. The van der Waals surface area contributed by atoms with E-state index in [0.717, 1.165) is 6.54 Å². The topological polar surface area (TPSA) is 21.3 Å². The van der Waals surface area contributed by atoms with Crippen LogP contribution in [-0.4, -0.2) is 23.3 Å². The molecule has 1 aliphatic heterocycles. The number of nitrogens with one attached hydrogen (secondary N) is 1. The van der Waals surface area contributed by atoms with Crippen LogP contribution in [-0.2, 0) is 4.74 Å². The Morgan fingerprint density at radius 1 is 1.22 bits per heavy atom. The molecule has 0 amide bonds. The summed E-state index contributed by atoms with van der Waals surface area (Å²) in [6, 6.07) is 0. The molecule has 1 aliphatic rings. The summed E-state index contributed by atoms with van der Waals surface area (Å²) in [7, 11) is 0. The van der Waals surface area contributed by atoms with Gasteiger partial charge in [-0.25, -0.2) is 0 Å². The third-order valence-corrected chi connectivity index (χ3v) is 3.93. The van der Waals surface area contributed by atoms with Crippen molar-refractivity contribution in [3.8, 4) is 0 Å². The van der Waals surface area contributed by atoms with Crippen molar-refractivity contribution in [3.63, 3.8) is 0 Å². The fraction of sp³-hybridized carbons (Fsp3) is 1.00. The molecule has 0 aromatic rings.